The predicted molar refractivity (Wildman–Crippen MR) is 73.8 cm³/mol. The molecule has 96 valence electrons. The Balaban J connectivity index is 2.67. The summed E-state index contributed by atoms with van der Waals surface area (Å²) < 4.78 is 2.15. The van der Waals surface area contributed by atoms with Crippen LogP contribution in [-0.4, -0.2) is 10.4 Å². The van der Waals surface area contributed by atoms with Crippen molar-refractivity contribution in [2.24, 2.45) is 5.41 Å². The average Bonchev–Trinajstić information content (AvgIpc) is 2.54. The molecule has 0 saturated carbocycles. The average molecular weight is 243 g/mol. The fourth-order valence-electron chi connectivity index (χ4n) is 2.99. The molecule has 0 spiro atoms. The molecule has 1 aliphatic rings. The Morgan fingerprint density at radius 2 is 2.00 bits per heavy atom. The van der Waals surface area contributed by atoms with E-state index in [0.717, 1.165) is 23.4 Å². The van der Waals surface area contributed by atoms with Gasteiger partial charge < -0.3 is 4.57 Å². The zero-order valence-electron chi connectivity index (χ0n) is 11.9. The second-order valence-electron chi connectivity index (χ2n) is 6.63. The first-order valence-electron chi connectivity index (χ1n) is 6.41. The first-order valence-corrected chi connectivity index (χ1v) is 6.41. The normalized spacial score (nSPS) is 18.3. The number of rotatable bonds is 1. The van der Waals surface area contributed by atoms with Gasteiger partial charge >= 0.3 is 0 Å². The largest absolute Gasteiger partial charge is 0.332 e. The lowest BCUT2D eigenvalue weighted by molar-refractivity contribution is 0.0909. The number of Topliss-reactive ketones (excluding diaryl/α,β-unsaturated/α-hetero) is 1. The zero-order chi connectivity index (χ0) is 13.7. The lowest BCUT2D eigenvalue weighted by atomic mass is 9.76. The van der Waals surface area contributed by atoms with E-state index in [1.54, 1.807) is 0 Å². The van der Waals surface area contributed by atoms with Crippen LogP contribution in [0.1, 0.15) is 55.9 Å². The van der Waals surface area contributed by atoms with Gasteiger partial charge in [-0.1, -0.05) is 19.8 Å². The third-order valence-electron chi connectivity index (χ3n) is 3.78. The Morgan fingerprint density at radius 3 is 2.56 bits per heavy atom. The molecule has 0 unspecified atom stereocenters. The minimum Gasteiger partial charge on any atom is -0.332 e. The highest BCUT2D eigenvalue weighted by atomic mass is 16.1. The zero-order valence-corrected chi connectivity index (χ0v) is 11.9. The topological polar surface area (TPSA) is 22.0 Å². The summed E-state index contributed by atoms with van der Waals surface area (Å²) in [5.74, 6) is 3.07. The predicted octanol–water partition coefficient (Wildman–Crippen LogP) is 3.32. The second-order valence-corrected chi connectivity index (χ2v) is 6.63. The summed E-state index contributed by atoms with van der Waals surface area (Å²) >= 11 is 0. The summed E-state index contributed by atoms with van der Waals surface area (Å²) in [7, 11) is 0. The molecule has 1 heterocycles. The summed E-state index contributed by atoms with van der Waals surface area (Å²) in [6, 6.07) is 1.99. The number of aromatic nitrogens is 1. The highest BCUT2D eigenvalue weighted by molar-refractivity contribution is 5.99. The van der Waals surface area contributed by atoms with E-state index in [0.29, 0.717) is 6.42 Å². The van der Waals surface area contributed by atoms with E-state index in [9.17, 15) is 4.79 Å². The Bertz CT molecular complexity index is 552. The van der Waals surface area contributed by atoms with Gasteiger partial charge in [0, 0.05) is 23.4 Å². The van der Waals surface area contributed by atoms with Gasteiger partial charge in [0.2, 0.25) is 0 Å². The maximum Gasteiger partial charge on any atom is 0.165 e. The summed E-state index contributed by atoms with van der Waals surface area (Å²) in [5, 5.41) is 0. The molecule has 0 fully saturated rings. The van der Waals surface area contributed by atoms with Gasteiger partial charge in [0.15, 0.2) is 5.78 Å². The van der Waals surface area contributed by atoms with E-state index in [-0.39, 0.29) is 16.7 Å². The Hall–Kier alpha value is -1.49. The van der Waals surface area contributed by atoms with Crippen molar-refractivity contribution in [3.63, 3.8) is 0 Å². The fourth-order valence-corrected chi connectivity index (χ4v) is 2.99. The van der Waals surface area contributed by atoms with Crippen LogP contribution in [0.5, 0.6) is 0 Å². The molecular weight excluding hydrogens is 222 g/mol. The highest BCUT2D eigenvalue weighted by Crippen LogP contribution is 2.38. The number of nitrogens with zero attached hydrogens (tertiary/aromatic N) is 1. The quantitative estimate of drug-likeness (QED) is 0.693. The molecule has 0 atom stereocenters. The fraction of sp³-hybridized carbons (Fsp3) is 0.562. The number of ketones is 1. The van der Waals surface area contributed by atoms with E-state index >= 15 is 0 Å². The van der Waals surface area contributed by atoms with E-state index in [1.165, 1.54) is 0 Å². The Labute approximate surface area is 109 Å². The van der Waals surface area contributed by atoms with Gasteiger partial charge in [-0.05, 0) is 38.7 Å². The van der Waals surface area contributed by atoms with E-state index < -0.39 is 0 Å². The van der Waals surface area contributed by atoms with Crippen LogP contribution in [0.2, 0.25) is 0 Å². The van der Waals surface area contributed by atoms with Crippen LogP contribution in [0.4, 0.5) is 0 Å². The monoisotopic (exact) mass is 243 g/mol. The number of carbonyl (C=O) groups excluding carboxylic acids is 1. The lowest BCUT2D eigenvalue weighted by Crippen LogP contribution is -2.33. The molecule has 0 radical (unpaired) electrons. The molecule has 2 heteroatoms. The molecule has 0 amide bonds. The van der Waals surface area contributed by atoms with Crippen LogP contribution < -0.4 is 0 Å². The van der Waals surface area contributed by atoms with E-state index in [2.05, 4.69) is 24.3 Å². The van der Waals surface area contributed by atoms with Gasteiger partial charge in [-0.3, -0.25) is 4.79 Å². The Morgan fingerprint density at radius 1 is 1.39 bits per heavy atom. The minimum absolute atomic E-state index is 0.0251. The molecule has 1 aliphatic carbocycles. The SMILES string of the molecule is C#CC(C)(C)n1c(C)cc2c1CC(C)(C)CC2=O. The highest BCUT2D eigenvalue weighted by Gasteiger charge is 2.36. The first kappa shape index (κ1) is 13.0. The minimum atomic E-state index is -0.384. The molecule has 0 bridgehead atoms. The number of hydrogen-bond donors (Lipinski definition) is 0. The molecule has 0 N–H and O–H groups in total. The molecule has 2 rings (SSSR count). The molecule has 2 nitrogen and oxygen atoms in total. The van der Waals surface area contributed by atoms with Crippen LogP contribution in [-0.2, 0) is 12.0 Å². The van der Waals surface area contributed by atoms with Crippen molar-refractivity contribution >= 4 is 5.78 Å². The van der Waals surface area contributed by atoms with Crippen LogP contribution >= 0.6 is 0 Å². The molecule has 1 aromatic rings. The number of fused-ring (bicyclic) bond motifs is 1. The summed E-state index contributed by atoms with van der Waals surface area (Å²) in [4.78, 5) is 12.2. The number of hydrogen-bond acceptors (Lipinski definition) is 1. The van der Waals surface area contributed by atoms with Crippen molar-refractivity contribution in [2.75, 3.05) is 0 Å². The van der Waals surface area contributed by atoms with Crippen LogP contribution in [0.3, 0.4) is 0 Å². The molecule has 0 aromatic carbocycles. The summed E-state index contributed by atoms with van der Waals surface area (Å²) in [6.07, 6.45) is 7.18. The number of terminal acetylenes is 1. The Kier molecular flexibility index (Phi) is 2.70. The first-order chi connectivity index (χ1) is 8.18. The van der Waals surface area contributed by atoms with Crippen LogP contribution in [0, 0.1) is 24.7 Å². The van der Waals surface area contributed by atoms with Crippen molar-refractivity contribution < 1.29 is 4.79 Å². The van der Waals surface area contributed by atoms with Crippen LogP contribution in [0.25, 0.3) is 0 Å². The maximum absolute atomic E-state index is 12.2. The summed E-state index contributed by atoms with van der Waals surface area (Å²) in [6.45, 7) is 10.4. The molecule has 1 aromatic heterocycles. The molecule has 18 heavy (non-hydrogen) atoms. The van der Waals surface area contributed by atoms with Gasteiger partial charge in [-0.2, -0.15) is 0 Å². The maximum atomic E-state index is 12.2. The van der Waals surface area contributed by atoms with Crippen molar-refractivity contribution in [3.8, 4) is 12.3 Å². The summed E-state index contributed by atoms with van der Waals surface area (Å²) in [5.41, 5.74) is 2.70. The lowest BCUT2D eigenvalue weighted by Gasteiger charge is -2.33. The third-order valence-corrected chi connectivity index (χ3v) is 3.78. The van der Waals surface area contributed by atoms with Gasteiger partial charge in [0.25, 0.3) is 0 Å². The van der Waals surface area contributed by atoms with Gasteiger partial charge in [-0.15, -0.1) is 6.42 Å². The van der Waals surface area contributed by atoms with Crippen molar-refractivity contribution in [3.05, 3.63) is 23.0 Å². The molecule has 0 saturated heterocycles. The molecule has 0 aliphatic heterocycles. The number of carbonyl (C=O) groups is 1. The second kappa shape index (κ2) is 3.75. The van der Waals surface area contributed by atoms with E-state index in [1.807, 2.05) is 26.8 Å². The van der Waals surface area contributed by atoms with Crippen molar-refractivity contribution in [1.29, 1.82) is 0 Å². The smallest absolute Gasteiger partial charge is 0.165 e. The van der Waals surface area contributed by atoms with Gasteiger partial charge in [0.1, 0.15) is 0 Å². The van der Waals surface area contributed by atoms with E-state index in [4.69, 9.17) is 6.42 Å². The van der Waals surface area contributed by atoms with Crippen molar-refractivity contribution in [1.82, 2.24) is 4.57 Å². The van der Waals surface area contributed by atoms with Gasteiger partial charge in [-0.25, -0.2) is 0 Å². The van der Waals surface area contributed by atoms with Crippen LogP contribution in [0.15, 0.2) is 6.07 Å². The van der Waals surface area contributed by atoms with Gasteiger partial charge in [0.05, 0.1) is 5.54 Å². The number of aryl methyl sites for hydroxylation is 1. The standard InChI is InChI=1S/C16H21NO/c1-7-16(5,6)17-11(2)8-12-13(17)9-15(3,4)10-14(12)18/h1,8H,9-10H2,2-6H3. The molecular formula is C16H21NO. The third kappa shape index (κ3) is 1.88. The van der Waals surface area contributed by atoms with Crippen molar-refractivity contribution in [2.45, 2.75) is 53.0 Å².